The third-order valence-corrected chi connectivity index (χ3v) is 2.54. The van der Waals surface area contributed by atoms with Crippen LogP contribution in [0, 0.1) is 11.3 Å². The van der Waals surface area contributed by atoms with Crippen LogP contribution in [0.1, 0.15) is 18.9 Å². The number of carbonyl (C=O) groups is 1. The van der Waals surface area contributed by atoms with Gasteiger partial charge in [0.25, 0.3) is 0 Å². The summed E-state index contributed by atoms with van der Waals surface area (Å²) in [6.07, 6.45) is 1.45. The van der Waals surface area contributed by atoms with Gasteiger partial charge in [0, 0.05) is 19.3 Å². The van der Waals surface area contributed by atoms with Crippen LogP contribution in [0.25, 0.3) is 0 Å². The maximum absolute atomic E-state index is 11.0. The highest BCUT2D eigenvalue weighted by molar-refractivity contribution is 5.81. The van der Waals surface area contributed by atoms with E-state index in [1.807, 2.05) is 36.2 Å². The molecule has 0 aliphatic heterocycles. The van der Waals surface area contributed by atoms with Crippen molar-refractivity contribution in [2.24, 2.45) is 5.10 Å². The fraction of sp³-hybridized carbons (Fsp3) is 0.357. The lowest BCUT2D eigenvalue weighted by Gasteiger charge is -2.17. The fourth-order valence-corrected chi connectivity index (χ4v) is 1.48. The molecule has 1 aromatic carbocycles. The Balaban J connectivity index is 2.52. The van der Waals surface area contributed by atoms with Crippen LogP contribution in [-0.4, -0.2) is 32.5 Å². The van der Waals surface area contributed by atoms with E-state index in [2.05, 4.69) is 21.3 Å². The van der Waals surface area contributed by atoms with Crippen molar-refractivity contribution in [2.45, 2.75) is 13.3 Å². The summed E-state index contributed by atoms with van der Waals surface area (Å²) >= 11 is 0. The monoisotopic (exact) mass is 274 g/mol. The third kappa shape index (κ3) is 5.40. The quantitative estimate of drug-likeness (QED) is 0.636. The van der Waals surface area contributed by atoms with E-state index in [0.29, 0.717) is 19.6 Å². The number of carbonyl (C=O) groups excluding carboxylic acids is 1. The molecule has 0 radical (unpaired) electrons. The summed E-state index contributed by atoms with van der Waals surface area (Å²) in [5.41, 5.74) is 4.14. The largest absolute Gasteiger partial charge is 0.449 e. The van der Waals surface area contributed by atoms with Crippen molar-refractivity contribution in [1.29, 1.82) is 5.26 Å². The molecule has 1 N–H and O–H groups in total. The summed E-state index contributed by atoms with van der Waals surface area (Å²) in [6.45, 7) is 2.73. The molecule has 0 atom stereocenters. The summed E-state index contributed by atoms with van der Waals surface area (Å²) in [4.78, 5) is 13.0. The molecule has 0 bridgehead atoms. The van der Waals surface area contributed by atoms with Crippen LogP contribution in [0.5, 0.6) is 0 Å². The Kier molecular flexibility index (Phi) is 6.62. The number of hydrazone groups is 1. The van der Waals surface area contributed by atoms with Crippen molar-refractivity contribution < 1.29 is 9.53 Å². The zero-order valence-electron chi connectivity index (χ0n) is 11.7. The second-order valence-corrected chi connectivity index (χ2v) is 4.01. The first-order valence-electron chi connectivity index (χ1n) is 6.31. The Morgan fingerprint density at radius 1 is 1.50 bits per heavy atom. The number of amides is 1. The molecule has 0 fully saturated rings. The van der Waals surface area contributed by atoms with Crippen LogP contribution in [0.4, 0.5) is 10.5 Å². The first-order chi connectivity index (χ1) is 9.67. The highest BCUT2D eigenvalue weighted by Crippen LogP contribution is 2.13. The van der Waals surface area contributed by atoms with Crippen LogP contribution < -0.4 is 10.3 Å². The lowest BCUT2D eigenvalue weighted by atomic mass is 10.2. The third-order valence-electron chi connectivity index (χ3n) is 2.54. The molecule has 6 heteroatoms. The molecule has 0 aromatic heterocycles. The van der Waals surface area contributed by atoms with Crippen molar-refractivity contribution in [2.75, 3.05) is 25.1 Å². The average Bonchev–Trinajstić information content (AvgIpc) is 2.46. The van der Waals surface area contributed by atoms with Crippen LogP contribution in [0.15, 0.2) is 29.4 Å². The van der Waals surface area contributed by atoms with Crippen LogP contribution in [0.2, 0.25) is 0 Å². The van der Waals surface area contributed by atoms with E-state index < -0.39 is 6.09 Å². The standard InChI is InChI=1S/C14H18N4O2/c1-3-20-14(19)17-16-11-12-5-7-13(8-6-12)18(2)10-4-9-15/h5-8,11H,3-4,10H2,1-2H3,(H,17,19)/b16-11+. The Hall–Kier alpha value is -2.55. The van der Waals surface area contributed by atoms with Gasteiger partial charge in [0.15, 0.2) is 0 Å². The van der Waals surface area contributed by atoms with Crippen LogP contribution in [-0.2, 0) is 4.74 Å². The molecule has 0 aliphatic rings. The topological polar surface area (TPSA) is 77.7 Å². The van der Waals surface area contributed by atoms with Gasteiger partial charge in [-0.1, -0.05) is 12.1 Å². The van der Waals surface area contributed by atoms with Gasteiger partial charge in [0.2, 0.25) is 0 Å². The van der Waals surface area contributed by atoms with Gasteiger partial charge in [-0.25, -0.2) is 10.2 Å². The maximum Gasteiger partial charge on any atom is 0.427 e. The molecule has 20 heavy (non-hydrogen) atoms. The summed E-state index contributed by atoms with van der Waals surface area (Å²) in [5.74, 6) is 0. The van der Waals surface area contributed by atoms with Gasteiger partial charge in [-0.3, -0.25) is 0 Å². The van der Waals surface area contributed by atoms with E-state index in [4.69, 9.17) is 5.26 Å². The number of benzene rings is 1. The second kappa shape index (κ2) is 8.53. The van der Waals surface area contributed by atoms with Gasteiger partial charge in [-0.15, -0.1) is 0 Å². The Labute approximate surface area is 118 Å². The van der Waals surface area contributed by atoms with E-state index in [1.54, 1.807) is 6.92 Å². The molecule has 6 nitrogen and oxygen atoms in total. The van der Waals surface area contributed by atoms with Crippen molar-refractivity contribution in [3.8, 4) is 6.07 Å². The molecule has 0 saturated carbocycles. The number of nitrogens with one attached hydrogen (secondary N) is 1. The highest BCUT2D eigenvalue weighted by Gasteiger charge is 2.00. The molecular weight excluding hydrogens is 256 g/mol. The van der Waals surface area contributed by atoms with E-state index in [9.17, 15) is 4.79 Å². The summed E-state index contributed by atoms with van der Waals surface area (Å²) in [5, 5.41) is 12.3. The fourth-order valence-electron chi connectivity index (χ4n) is 1.48. The van der Waals surface area contributed by atoms with Crippen LogP contribution >= 0.6 is 0 Å². The Morgan fingerprint density at radius 2 is 2.20 bits per heavy atom. The van der Waals surface area contributed by atoms with Gasteiger partial charge < -0.3 is 9.64 Å². The van der Waals surface area contributed by atoms with E-state index in [-0.39, 0.29) is 0 Å². The molecule has 0 heterocycles. The number of hydrogen-bond acceptors (Lipinski definition) is 5. The van der Waals surface area contributed by atoms with Crippen molar-refractivity contribution >= 4 is 18.0 Å². The Bertz CT molecular complexity index is 491. The zero-order valence-corrected chi connectivity index (χ0v) is 11.7. The smallest absolute Gasteiger partial charge is 0.427 e. The zero-order chi connectivity index (χ0) is 14.8. The minimum absolute atomic E-state index is 0.311. The highest BCUT2D eigenvalue weighted by atomic mass is 16.5. The second-order valence-electron chi connectivity index (χ2n) is 4.01. The SMILES string of the molecule is CCOC(=O)N/N=C/c1ccc(N(C)CCC#N)cc1. The van der Waals surface area contributed by atoms with Gasteiger partial charge >= 0.3 is 6.09 Å². The number of rotatable bonds is 6. The van der Waals surface area contributed by atoms with Gasteiger partial charge in [0.05, 0.1) is 25.3 Å². The minimum Gasteiger partial charge on any atom is -0.449 e. The predicted molar refractivity (Wildman–Crippen MR) is 77.7 cm³/mol. The van der Waals surface area contributed by atoms with E-state index in [0.717, 1.165) is 11.3 Å². The molecule has 0 spiro atoms. The Morgan fingerprint density at radius 3 is 2.80 bits per heavy atom. The van der Waals surface area contributed by atoms with Crippen molar-refractivity contribution in [3.63, 3.8) is 0 Å². The summed E-state index contributed by atoms with van der Waals surface area (Å²) < 4.78 is 4.67. The van der Waals surface area contributed by atoms with Crippen LogP contribution in [0.3, 0.4) is 0 Å². The van der Waals surface area contributed by atoms with Crippen molar-refractivity contribution in [1.82, 2.24) is 5.43 Å². The summed E-state index contributed by atoms with van der Waals surface area (Å²) in [7, 11) is 1.93. The minimum atomic E-state index is -0.573. The normalized spacial score (nSPS) is 10.1. The van der Waals surface area contributed by atoms with E-state index in [1.165, 1.54) is 6.21 Å². The molecule has 0 saturated heterocycles. The lowest BCUT2D eigenvalue weighted by Crippen LogP contribution is -2.18. The first-order valence-corrected chi connectivity index (χ1v) is 6.31. The molecule has 1 aromatic rings. The van der Waals surface area contributed by atoms with Gasteiger partial charge in [0.1, 0.15) is 0 Å². The number of nitriles is 1. The molecule has 0 aliphatic carbocycles. The molecule has 106 valence electrons. The predicted octanol–water partition coefficient (Wildman–Crippen LogP) is 2.12. The number of anilines is 1. The lowest BCUT2D eigenvalue weighted by molar-refractivity contribution is 0.152. The molecule has 1 amide bonds. The summed E-state index contributed by atoms with van der Waals surface area (Å²) in [6, 6.07) is 9.75. The first kappa shape index (κ1) is 15.5. The van der Waals surface area contributed by atoms with E-state index >= 15 is 0 Å². The maximum atomic E-state index is 11.0. The molecule has 1 rings (SSSR count). The van der Waals surface area contributed by atoms with Gasteiger partial charge in [-0.05, 0) is 24.6 Å². The average molecular weight is 274 g/mol. The molecule has 0 unspecified atom stereocenters. The van der Waals surface area contributed by atoms with Gasteiger partial charge in [-0.2, -0.15) is 10.4 Å². The van der Waals surface area contributed by atoms with Crippen molar-refractivity contribution in [3.05, 3.63) is 29.8 Å². The number of ether oxygens (including phenoxy) is 1. The number of hydrogen-bond donors (Lipinski definition) is 1. The number of nitrogens with zero attached hydrogens (tertiary/aromatic N) is 3. The molecular formula is C14H18N4O2.